The van der Waals surface area contributed by atoms with Gasteiger partial charge < -0.3 is 9.90 Å². The highest BCUT2D eigenvalue weighted by Crippen LogP contribution is 2.43. The van der Waals surface area contributed by atoms with Gasteiger partial charge in [0.05, 0.1) is 5.97 Å². The Morgan fingerprint density at radius 3 is 2.15 bits per heavy atom. The van der Waals surface area contributed by atoms with Crippen LogP contribution in [0.3, 0.4) is 0 Å². The standard InChI is InChI=1S/C31H33NO2/c1-2-23-19-25(13-16-29(23)31(33)34)30(24-11-7-4-8-12-24)26-20-27-14-15-28(21-26)32(27)18-17-22-9-5-3-6-10-22/h3-13,16,19,27-28H,2,14-15,17-18,20-21H2,1H3,(H,33,34)/p-1. The van der Waals surface area contributed by atoms with E-state index in [0.717, 1.165) is 36.9 Å². The molecule has 5 rings (SSSR count). The van der Waals surface area contributed by atoms with Gasteiger partial charge in [-0.3, -0.25) is 4.90 Å². The molecule has 3 aromatic rings. The fourth-order valence-electron chi connectivity index (χ4n) is 6.00. The Bertz CT molecular complexity index is 1170. The quantitative estimate of drug-likeness (QED) is 0.492. The molecule has 2 aliphatic heterocycles. The summed E-state index contributed by atoms with van der Waals surface area (Å²) in [5.41, 5.74) is 7.71. The molecule has 0 N–H and O–H groups in total. The summed E-state index contributed by atoms with van der Waals surface area (Å²) in [4.78, 5) is 14.3. The SMILES string of the molecule is CCc1cc(C(=C2CC3CCC(C2)N3CCc2ccccc2)c2ccccc2)ccc1C(=O)[O-]. The first-order valence-electron chi connectivity index (χ1n) is 12.6. The molecule has 0 saturated carbocycles. The van der Waals surface area contributed by atoms with E-state index in [1.165, 1.54) is 35.1 Å². The van der Waals surface area contributed by atoms with Crippen molar-refractivity contribution in [2.24, 2.45) is 0 Å². The van der Waals surface area contributed by atoms with Crippen LogP contribution in [0.2, 0.25) is 0 Å². The van der Waals surface area contributed by atoms with Crippen molar-refractivity contribution in [1.82, 2.24) is 4.90 Å². The summed E-state index contributed by atoms with van der Waals surface area (Å²) in [5, 5.41) is 11.6. The number of hydrogen-bond acceptors (Lipinski definition) is 3. The van der Waals surface area contributed by atoms with Crippen LogP contribution in [-0.4, -0.2) is 29.5 Å². The summed E-state index contributed by atoms with van der Waals surface area (Å²) in [6, 6.07) is 28.4. The molecule has 174 valence electrons. The van der Waals surface area contributed by atoms with Gasteiger partial charge in [-0.15, -0.1) is 0 Å². The van der Waals surface area contributed by atoms with E-state index in [0.29, 0.717) is 24.1 Å². The minimum atomic E-state index is -1.10. The molecular weight excluding hydrogens is 418 g/mol. The van der Waals surface area contributed by atoms with E-state index in [4.69, 9.17) is 0 Å². The number of carbonyl (C=O) groups excluding carboxylic acids is 1. The van der Waals surface area contributed by atoms with E-state index >= 15 is 0 Å². The predicted molar refractivity (Wildman–Crippen MR) is 136 cm³/mol. The van der Waals surface area contributed by atoms with Crippen molar-refractivity contribution in [3.05, 3.63) is 112 Å². The number of nitrogens with zero attached hydrogens (tertiary/aromatic N) is 1. The second kappa shape index (κ2) is 9.99. The van der Waals surface area contributed by atoms with Gasteiger partial charge >= 0.3 is 0 Å². The fraction of sp³-hybridized carbons (Fsp3) is 0.323. The molecule has 3 heteroatoms. The van der Waals surface area contributed by atoms with Crippen molar-refractivity contribution in [2.75, 3.05) is 6.54 Å². The lowest BCUT2D eigenvalue weighted by molar-refractivity contribution is -0.255. The molecular formula is C31H32NO2-. The van der Waals surface area contributed by atoms with Crippen LogP contribution in [0.25, 0.3) is 5.57 Å². The monoisotopic (exact) mass is 450 g/mol. The Hall–Kier alpha value is -3.17. The molecule has 2 atom stereocenters. The molecule has 0 amide bonds. The number of aryl methyl sites for hydroxylation is 1. The number of benzene rings is 3. The number of fused-ring (bicyclic) bond motifs is 2. The third-order valence-electron chi connectivity index (χ3n) is 7.65. The largest absolute Gasteiger partial charge is 0.545 e. The van der Waals surface area contributed by atoms with E-state index in [9.17, 15) is 9.90 Å². The van der Waals surface area contributed by atoms with Gasteiger partial charge in [0.25, 0.3) is 0 Å². The van der Waals surface area contributed by atoms with Crippen LogP contribution in [0.5, 0.6) is 0 Å². The minimum Gasteiger partial charge on any atom is -0.545 e. The number of carbonyl (C=O) groups is 1. The minimum absolute atomic E-state index is 0.305. The first-order valence-corrected chi connectivity index (χ1v) is 12.6. The Labute approximate surface area is 202 Å². The van der Waals surface area contributed by atoms with Gasteiger partial charge in [-0.2, -0.15) is 0 Å². The third-order valence-corrected chi connectivity index (χ3v) is 7.65. The van der Waals surface area contributed by atoms with Gasteiger partial charge in [-0.05, 0) is 66.4 Å². The van der Waals surface area contributed by atoms with Crippen LogP contribution in [0.15, 0.2) is 84.4 Å². The second-order valence-electron chi connectivity index (χ2n) is 9.62. The number of hydrogen-bond donors (Lipinski definition) is 0. The second-order valence-corrected chi connectivity index (χ2v) is 9.62. The fourth-order valence-corrected chi connectivity index (χ4v) is 6.00. The topological polar surface area (TPSA) is 43.4 Å². The van der Waals surface area contributed by atoms with Crippen molar-refractivity contribution >= 4 is 11.5 Å². The molecule has 2 bridgehead atoms. The highest BCUT2D eigenvalue weighted by Gasteiger charge is 2.39. The zero-order valence-corrected chi connectivity index (χ0v) is 19.9. The lowest BCUT2D eigenvalue weighted by Crippen LogP contribution is -2.41. The number of aromatic carboxylic acids is 1. The molecule has 34 heavy (non-hydrogen) atoms. The zero-order valence-electron chi connectivity index (χ0n) is 19.9. The summed E-state index contributed by atoms with van der Waals surface area (Å²) in [6.45, 7) is 3.12. The van der Waals surface area contributed by atoms with Gasteiger partial charge in [0.2, 0.25) is 0 Å². The maximum atomic E-state index is 11.6. The van der Waals surface area contributed by atoms with E-state index in [1.807, 2.05) is 13.0 Å². The van der Waals surface area contributed by atoms with Crippen LogP contribution >= 0.6 is 0 Å². The molecule has 2 unspecified atom stereocenters. The number of carboxylic acids is 1. The van der Waals surface area contributed by atoms with Gasteiger partial charge in [0.15, 0.2) is 0 Å². The summed E-state index contributed by atoms with van der Waals surface area (Å²) in [6.07, 6.45) is 6.46. The molecule has 0 radical (unpaired) electrons. The van der Waals surface area contributed by atoms with Crippen molar-refractivity contribution in [3.63, 3.8) is 0 Å². The number of piperidine rings is 1. The molecule has 0 aromatic heterocycles. The molecule has 2 fully saturated rings. The van der Waals surface area contributed by atoms with Crippen molar-refractivity contribution in [3.8, 4) is 0 Å². The lowest BCUT2D eigenvalue weighted by Gasteiger charge is -2.37. The zero-order chi connectivity index (χ0) is 23.5. The van der Waals surface area contributed by atoms with E-state index in [2.05, 4.69) is 71.6 Å². The lowest BCUT2D eigenvalue weighted by atomic mass is 9.84. The highest BCUT2D eigenvalue weighted by atomic mass is 16.4. The van der Waals surface area contributed by atoms with Gasteiger partial charge in [-0.1, -0.05) is 91.4 Å². The molecule has 0 spiro atoms. The van der Waals surface area contributed by atoms with Gasteiger partial charge in [0, 0.05) is 24.2 Å². The summed E-state index contributed by atoms with van der Waals surface area (Å²) in [7, 11) is 0. The molecule has 0 aliphatic carbocycles. The van der Waals surface area contributed by atoms with Crippen LogP contribution in [0.4, 0.5) is 0 Å². The van der Waals surface area contributed by atoms with Crippen LogP contribution < -0.4 is 5.11 Å². The van der Waals surface area contributed by atoms with Crippen molar-refractivity contribution in [2.45, 2.75) is 57.5 Å². The van der Waals surface area contributed by atoms with Gasteiger partial charge in [-0.25, -0.2) is 0 Å². The summed E-state index contributed by atoms with van der Waals surface area (Å²) in [5.74, 6) is -1.10. The average Bonchev–Trinajstić information content (AvgIpc) is 3.11. The first-order chi connectivity index (χ1) is 16.6. The molecule has 3 aromatic carbocycles. The number of carboxylic acid groups (broad SMARTS) is 1. The van der Waals surface area contributed by atoms with Crippen molar-refractivity contribution in [1.29, 1.82) is 0 Å². The molecule has 3 nitrogen and oxygen atoms in total. The maximum Gasteiger partial charge on any atom is 0.0718 e. The van der Waals surface area contributed by atoms with E-state index < -0.39 is 5.97 Å². The Kier molecular flexibility index (Phi) is 6.64. The smallest absolute Gasteiger partial charge is 0.0718 e. The summed E-state index contributed by atoms with van der Waals surface area (Å²) >= 11 is 0. The normalized spacial score (nSPS) is 19.9. The van der Waals surface area contributed by atoms with E-state index in [1.54, 1.807) is 6.07 Å². The van der Waals surface area contributed by atoms with Crippen LogP contribution in [-0.2, 0) is 12.8 Å². The number of rotatable bonds is 7. The predicted octanol–water partition coefficient (Wildman–Crippen LogP) is 5.28. The van der Waals surface area contributed by atoms with Crippen molar-refractivity contribution < 1.29 is 9.90 Å². The maximum absolute atomic E-state index is 11.6. The third kappa shape index (κ3) is 4.58. The Balaban J connectivity index is 1.48. The average molecular weight is 451 g/mol. The van der Waals surface area contributed by atoms with Crippen LogP contribution in [0.1, 0.15) is 65.2 Å². The van der Waals surface area contributed by atoms with E-state index in [-0.39, 0.29) is 0 Å². The first kappa shape index (κ1) is 22.6. The molecule has 2 aliphatic rings. The highest BCUT2D eigenvalue weighted by molar-refractivity contribution is 5.90. The van der Waals surface area contributed by atoms with Crippen LogP contribution in [0, 0.1) is 0 Å². The van der Waals surface area contributed by atoms with Gasteiger partial charge in [0.1, 0.15) is 0 Å². The Morgan fingerprint density at radius 2 is 1.53 bits per heavy atom. The Morgan fingerprint density at radius 1 is 0.882 bits per heavy atom. The summed E-state index contributed by atoms with van der Waals surface area (Å²) < 4.78 is 0. The molecule has 2 heterocycles. The molecule has 2 saturated heterocycles.